The third kappa shape index (κ3) is 4.79. The monoisotopic (exact) mass is 326 g/mol. The van der Waals surface area contributed by atoms with Gasteiger partial charge in [-0.25, -0.2) is 4.79 Å². The van der Waals surface area contributed by atoms with Crippen LogP contribution in [0, 0.1) is 0 Å². The van der Waals surface area contributed by atoms with Gasteiger partial charge in [0.15, 0.2) is 0 Å². The molecule has 0 radical (unpaired) electrons. The molecular formula is C19H18O5. The Hall–Kier alpha value is -2.92. The standard InChI is InChI=1S/C19H18O5/c1-13(18(22)15-5-3-2-4-6-15)19(23)24-16-10-7-14(8-11-16)9-12-17(20)21/h2-8,10-11,18,22H,1,9,12H2,(H,20,21). The summed E-state index contributed by atoms with van der Waals surface area (Å²) in [5.74, 6) is -1.28. The van der Waals surface area contributed by atoms with E-state index in [9.17, 15) is 14.7 Å². The van der Waals surface area contributed by atoms with Crippen LogP contribution in [-0.2, 0) is 16.0 Å². The number of aliphatic hydroxyl groups is 1. The summed E-state index contributed by atoms with van der Waals surface area (Å²) >= 11 is 0. The van der Waals surface area contributed by atoms with Crippen molar-refractivity contribution < 1.29 is 24.5 Å². The summed E-state index contributed by atoms with van der Waals surface area (Å²) in [5, 5.41) is 18.8. The van der Waals surface area contributed by atoms with E-state index in [0.717, 1.165) is 5.56 Å². The molecular weight excluding hydrogens is 308 g/mol. The number of rotatable bonds is 7. The molecule has 0 heterocycles. The number of carboxylic acids is 1. The van der Waals surface area contributed by atoms with Gasteiger partial charge >= 0.3 is 11.9 Å². The van der Waals surface area contributed by atoms with Crippen molar-refractivity contribution in [2.24, 2.45) is 0 Å². The first-order chi connectivity index (χ1) is 11.5. The van der Waals surface area contributed by atoms with Gasteiger partial charge in [0.25, 0.3) is 0 Å². The number of ether oxygens (including phenoxy) is 1. The second-order valence-electron chi connectivity index (χ2n) is 5.27. The topological polar surface area (TPSA) is 83.8 Å². The first-order valence-corrected chi connectivity index (χ1v) is 7.42. The molecule has 24 heavy (non-hydrogen) atoms. The largest absolute Gasteiger partial charge is 0.481 e. The predicted molar refractivity (Wildman–Crippen MR) is 88.6 cm³/mol. The molecule has 2 aromatic rings. The van der Waals surface area contributed by atoms with Crippen LogP contribution < -0.4 is 4.74 Å². The Kier molecular flexibility index (Phi) is 5.87. The molecule has 5 nitrogen and oxygen atoms in total. The van der Waals surface area contributed by atoms with Crippen molar-refractivity contribution in [2.75, 3.05) is 0 Å². The van der Waals surface area contributed by atoms with E-state index in [1.54, 1.807) is 48.5 Å². The molecule has 0 amide bonds. The number of aliphatic carboxylic acids is 1. The van der Waals surface area contributed by atoms with Crippen molar-refractivity contribution in [2.45, 2.75) is 18.9 Å². The van der Waals surface area contributed by atoms with E-state index >= 15 is 0 Å². The molecule has 5 heteroatoms. The highest BCUT2D eigenvalue weighted by atomic mass is 16.5. The van der Waals surface area contributed by atoms with Gasteiger partial charge in [0.1, 0.15) is 11.9 Å². The highest BCUT2D eigenvalue weighted by Gasteiger charge is 2.20. The zero-order valence-corrected chi connectivity index (χ0v) is 13.0. The van der Waals surface area contributed by atoms with E-state index in [4.69, 9.17) is 9.84 Å². The van der Waals surface area contributed by atoms with Gasteiger partial charge in [-0.15, -0.1) is 0 Å². The van der Waals surface area contributed by atoms with Crippen LogP contribution in [0.25, 0.3) is 0 Å². The van der Waals surface area contributed by atoms with E-state index in [2.05, 4.69) is 6.58 Å². The third-order valence-corrected chi connectivity index (χ3v) is 3.47. The number of aliphatic hydroxyl groups excluding tert-OH is 1. The second-order valence-corrected chi connectivity index (χ2v) is 5.27. The van der Waals surface area contributed by atoms with Crippen molar-refractivity contribution in [3.05, 3.63) is 77.9 Å². The first kappa shape index (κ1) is 17.4. The molecule has 0 spiro atoms. The number of aryl methyl sites for hydroxylation is 1. The number of carbonyl (C=O) groups excluding carboxylic acids is 1. The zero-order chi connectivity index (χ0) is 17.5. The van der Waals surface area contributed by atoms with Crippen LogP contribution in [0.15, 0.2) is 66.7 Å². The van der Waals surface area contributed by atoms with Gasteiger partial charge in [-0.05, 0) is 29.7 Å². The maximum atomic E-state index is 12.1. The number of esters is 1. The lowest BCUT2D eigenvalue weighted by molar-refractivity contribution is -0.137. The number of hydrogen-bond donors (Lipinski definition) is 2. The summed E-state index contributed by atoms with van der Waals surface area (Å²) in [6, 6.07) is 15.3. The van der Waals surface area contributed by atoms with Gasteiger partial charge in [0, 0.05) is 6.42 Å². The Bertz CT molecular complexity index is 719. The van der Waals surface area contributed by atoms with E-state index in [1.807, 2.05) is 6.07 Å². The maximum absolute atomic E-state index is 12.1. The van der Waals surface area contributed by atoms with Crippen molar-refractivity contribution in [3.8, 4) is 5.75 Å². The van der Waals surface area contributed by atoms with E-state index < -0.39 is 18.0 Å². The van der Waals surface area contributed by atoms with Gasteiger partial charge in [-0.3, -0.25) is 4.79 Å². The Balaban J connectivity index is 1.96. The smallest absolute Gasteiger partial charge is 0.341 e. The SMILES string of the molecule is C=C(C(=O)Oc1ccc(CCC(=O)O)cc1)C(O)c1ccccc1. The molecule has 0 aliphatic rings. The molecule has 0 fully saturated rings. The highest BCUT2D eigenvalue weighted by Crippen LogP contribution is 2.22. The van der Waals surface area contributed by atoms with Gasteiger partial charge in [-0.2, -0.15) is 0 Å². The Morgan fingerprint density at radius 3 is 2.25 bits per heavy atom. The summed E-state index contributed by atoms with van der Waals surface area (Å²) < 4.78 is 5.18. The Morgan fingerprint density at radius 2 is 1.67 bits per heavy atom. The summed E-state index contributed by atoms with van der Waals surface area (Å²) in [7, 11) is 0. The van der Waals surface area contributed by atoms with Gasteiger partial charge in [-0.1, -0.05) is 49.0 Å². The lowest BCUT2D eigenvalue weighted by Crippen LogP contribution is -2.16. The zero-order valence-electron chi connectivity index (χ0n) is 13.0. The number of hydrogen-bond acceptors (Lipinski definition) is 4. The average Bonchev–Trinajstić information content (AvgIpc) is 2.60. The van der Waals surface area contributed by atoms with Crippen molar-refractivity contribution in [1.82, 2.24) is 0 Å². The van der Waals surface area contributed by atoms with E-state index in [0.29, 0.717) is 17.7 Å². The molecule has 0 aliphatic carbocycles. The third-order valence-electron chi connectivity index (χ3n) is 3.47. The van der Waals surface area contributed by atoms with Crippen LogP contribution in [0.1, 0.15) is 23.7 Å². The van der Waals surface area contributed by atoms with E-state index in [-0.39, 0.29) is 12.0 Å². The van der Waals surface area contributed by atoms with Crippen LogP contribution in [0.2, 0.25) is 0 Å². The second kappa shape index (κ2) is 8.08. The molecule has 2 N–H and O–H groups in total. The Labute approximate surface area is 139 Å². The van der Waals surface area contributed by atoms with Gasteiger partial charge in [0.05, 0.1) is 5.57 Å². The van der Waals surface area contributed by atoms with Crippen molar-refractivity contribution in [1.29, 1.82) is 0 Å². The Morgan fingerprint density at radius 1 is 1.04 bits per heavy atom. The van der Waals surface area contributed by atoms with E-state index in [1.165, 1.54) is 0 Å². The quantitative estimate of drug-likeness (QED) is 0.464. The minimum Gasteiger partial charge on any atom is -0.481 e. The fourth-order valence-electron chi connectivity index (χ4n) is 2.10. The average molecular weight is 326 g/mol. The number of carboxylic acid groups (broad SMARTS) is 1. The highest BCUT2D eigenvalue weighted by molar-refractivity contribution is 5.90. The number of carbonyl (C=O) groups is 2. The maximum Gasteiger partial charge on any atom is 0.341 e. The van der Waals surface area contributed by atoms with Crippen molar-refractivity contribution in [3.63, 3.8) is 0 Å². The molecule has 124 valence electrons. The molecule has 0 aliphatic heterocycles. The fourth-order valence-corrected chi connectivity index (χ4v) is 2.10. The van der Waals surface area contributed by atoms with Crippen LogP contribution in [0.5, 0.6) is 5.75 Å². The van der Waals surface area contributed by atoms with Crippen LogP contribution in [0.4, 0.5) is 0 Å². The van der Waals surface area contributed by atoms with Crippen molar-refractivity contribution >= 4 is 11.9 Å². The van der Waals surface area contributed by atoms with Gasteiger partial charge < -0.3 is 14.9 Å². The van der Waals surface area contributed by atoms with Crippen LogP contribution in [0.3, 0.4) is 0 Å². The molecule has 2 aromatic carbocycles. The first-order valence-electron chi connectivity index (χ1n) is 7.42. The lowest BCUT2D eigenvalue weighted by Gasteiger charge is -2.13. The van der Waals surface area contributed by atoms with Crippen LogP contribution in [-0.4, -0.2) is 22.2 Å². The minimum atomic E-state index is -1.13. The normalized spacial score (nSPS) is 11.5. The lowest BCUT2D eigenvalue weighted by atomic mass is 10.0. The number of benzene rings is 2. The summed E-state index contributed by atoms with van der Waals surface area (Å²) in [4.78, 5) is 22.6. The molecule has 1 unspecified atom stereocenters. The molecule has 0 saturated heterocycles. The molecule has 0 aromatic heterocycles. The van der Waals surface area contributed by atoms with Gasteiger partial charge in [0.2, 0.25) is 0 Å². The molecule has 0 saturated carbocycles. The van der Waals surface area contributed by atoms with Crippen LogP contribution >= 0.6 is 0 Å². The molecule has 0 bridgehead atoms. The predicted octanol–water partition coefficient (Wildman–Crippen LogP) is 2.90. The fraction of sp³-hybridized carbons (Fsp3) is 0.158. The summed E-state index contributed by atoms with van der Waals surface area (Å²) in [5.41, 5.74) is 1.33. The minimum absolute atomic E-state index is 0.0409. The molecule has 2 rings (SSSR count). The molecule has 1 atom stereocenters. The summed E-state index contributed by atoms with van der Waals surface area (Å²) in [6.45, 7) is 3.60. The summed E-state index contributed by atoms with van der Waals surface area (Å²) in [6.07, 6.45) is -0.684.